The van der Waals surface area contributed by atoms with Gasteiger partial charge in [0.25, 0.3) is 5.69 Å². The zero-order chi connectivity index (χ0) is 16.0. The number of phenols is 1. The van der Waals surface area contributed by atoms with Crippen LogP contribution in [0.2, 0.25) is 0 Å². The van der Waals surface area contributed by atoms with Crippen molar-refractivity contribution in [3.05, 3.63) is 67.1 Å². The van der Waals surface area contributed by atoms with Gasteiger partial charge in [0, 0.05) is 16.6 Å². The molecule has 0 aromatic heterocycles. The van der Waals surface area contributed by atoms with Crippen molar-refractivity contribution in [2.24, 2.45) is 0 Å². The molecule has 0 radical (unpaired) electrons. The smallest absolute Gasteiger partial charge is 0.335 e. The second-order valence-electron chi connectivity index (χ2n) is 3.70. The zero-order valence-electron chi connectivity index (χ0n) is 10.4. The second kappa shape index (κ2) is 7.75. The summed E-state index contributed by atoms with van der Waals surface area (Å²) in [7, 11) is 0. The number of nitro groups is 1. The zero-order valence-corrected chi connectivity index (χ0v) is 13.5. The Hall–Kier alpha value is -1.93. The first-order chi connectivity index (χ1) is 9.81. The average Bonchev–Trinajstić information content (AvgIpc) is 2.44. The number of hydrogen-bond donors (Lipinski definition) is 2. The van der Waals surface area contributed by atoms with Crippen LogP contribution in [0.4, 0.5) is 5.69 Å². The highest BCUT2D eigenvalue weighted by atomic mass is 79.9. The summed E-state index contributed by atoms with van der Waals surface area (Å²) in [6, 6.07) is 9.89. The molecule has 0 atom stereocenters. The highest BCUT2D eigenvalue weighted by Gasteiger charge is 2.06. The van der Waals surface area contributed by atoms with Crippen molar-refractivity contribution >= 4 is 43.5 Å². The maximum Gasteiger partial charge on any atom is 0.335 e. The minimum absolute atomic E-state index is 0.0422. The van der Waals surface area contributed by atoms with E-state index in [4.69, 9.17) is 10.2 Å². The van der Waals surface area contributed by atoms with Crippen molar-refractivity contribution in [3.63, 3.8) is 0 Å². The third kappa shape index (κ3) is 5.52. The van der Waals surface area contributed by atoms with E-state index in [2.05, 4.69) is 31.9 Å². The lowest BCUT2D eigenvalue weighted by Crippen LogP contribution is -1.96. The minimum atomic E-state index is -1.09. The lowest BCUT2D eigenvalue weighted by Gasteiger charge is -1.94. The largest absolute Gasteiger partial charge is 0.507 e. The second-order valence-corrected chi connectivity index (χ2v) is 5.47. The molecule has 0 spiro atoms. The van der Waals surface area contributed by atoms with E-state index >= 15 is 0 Å². The minimum Gasteiger partial charge on any atom is -0.507 e. The van der Waals surface area contributed by atoms with E-state index in [0.29, 0.717) is 4.47 Å². The predicted molar refractivity (Wildman–Crippen MR) is 83.6 cm³/mol. The van der Waals surface area contributed by atoms with Crippen LogP contribution in [0, 0.1) is 10.1 Å². The molecule has 0 aliphatic rings. The highest BCUT2D eigenvalue weighted by molar-refractivity contribution is 9.11. The molecule has 2 rings (SSSR count). The molecule has 6 nitrogen and oxygen atoms in total. The molecule has 0 aliphatic heterocycles. The van der Waals surface area contributed by atoms with Gasteiger partial charge < -0.3 is 10.2 Å². The highest BCUT2D eigenvalue weighted by Crippen LogP contribution is 2.26. The normalized spacial score (nSPS) is 9.43. The maximum atomic E-state index is 10.3. The van der Waals surface area contributed by atoms with Gasteiger partial charge in [-0.3, -0.25) is 10.1 Å². The Morgan fingerprint density at radius 2 is 1.67 bits per heavy atom. The molecule has 8 heteroatoms. The fraction of sp³-hybridized carbons (Fsp3) is 0. The Morgan fingerprint density at radius 3 is 2.05 bits per heavy atom. The van der Waals surface area contributed by atoms with Gasteiger partial charge >= 0.3 is 5.97 Å². The van der Waals surface area contributed by atoms with E-state index in [1.54, 1.807) is 18.2 Å². The van der Waals surface area contributed by atoms with Crippen molar-refractivity contribution in [2.45, 2.75) is 0 Å². The molecule has 2 aromatic rings. The van der Waals surface area contributed by atoms with Crippen LogP contribution in [0.25, 0.3) is 0 Å². The van der Waals surface area contributed by atoms with E-state index in [9.17, 15) is 14.9 Å². The van der Waals surface area contributed by atoms with Gasteiger partial charge in [0.05, 0.1) is 15.0 Å². The fourth-order valence-corrected chi connectivity index (χ4v) is 2.25. The summed E-state index contributed by atoms with van der Waals surface area (Å²) in [4.78, 5) is 19.9. The van der Waals surface area contributed by atoms with Gasteiger partial charge in [-0.25, -0.2) is 4.79 Å². The average molecular weight is 419 g/mol. The molecule has 0 unspecified atom stereocenters. The van der Waals surface area contributed by atoms with E-state index in [1.165, 1.54) is 12.1 Å². The van der Waals surface area contributed by atoms with Gasteiger partial charge in [-0.1, -0.05) is 15.9 Å². The molecule has 0 saturated heterocycles. The number of carbonyl (C=O) groups is 1. The predicted octanol–water partition coefficient (Wildman–Crippen LogP) is 4.21. The molecular weight excluding hydrogens is 410 g/mol. The van der Waals surface area contributed by atoms with Crippen LogP contribution in [-0.4, -0.2) is 21.1 Å². The Morgan fingerprint density at radius 1 is 1.10 bits per heavy atom. The van der Waals surface area contributed by atoms with Gasteiger partial charge in [-0.05, 0) is 46.3 Å². The van der Waals surface area contributed by atoms with Crippen LogP contribution >= 0.6 is 31.9 Å². The number of benzene rings is 2. The van der Waals surface area contributed by atoms with Gasteiger partial charge in [0.1, 0.15) is 5.75 Å². The molecule has 2 N–H and O–H groups in total. The van der Waals surface area contributed by atoms with Crippen LogP contribution in [0.15, 0.2) is 51.4 Å². The van der Waals surface area contributed by atoms with Gasteiger partial charge in [0.15, 0.2) is 0 Å². The van der Waals surface area contributed by atoms with Gasteiger partial charge in [0.2, 0.25) is 0 Å². The standard InChI is InChI=1S/C7H5NO4.C6H4Br2O/c9-7(10)5-1-3-6(4-2-5)8(11)12;7-4-1-2-6(9)5(8)3-4/h1-4H,(H,9,10);1-3,9H. The molecular formula is C13H9Br2NO5. The number of carboxylic acid groups (broad SMARTS) is 1. The number of nitrogens with zero attached hydrogens (tertiary/aromatic N) is 1. The summed E-state index contributed by atoms with van der Waals surface area (Å²) in [6.07, 6.45) is 0. The van der Waals surface area contributed by atoms with E-state index in [0.717, 1.165) is 16.6 Å². The van der Waals surface area contributed by atoms with Crippen molar-refractivity contribution in [2.75, 3.05) is 0 Å². The third-order valence-electron chi connectivity index (χ3n) is 2.23. The number of non-ortho nitro benzene ring substituents is 1. The van der Waals surface area contributed by atoms with Crippen LogP contribution in [0.3, 0.4) is 0 Å². The lowest BCUT2D eigenvalue weighted by atomic mass is 10.2. The quantitative estimate of drug-likeness (QED) is 0.561. The van der Waals surface area contributed by atoms with Gasteiger partial charge in [-0.2, -0.15) is 0 Å². The van der Waals surface area contributed by atoms with Gasteiger partial charge in [-0.15, -0.1) is 0 Å². The SMILES string of the molecule is O=C(O)c1ccc([N+](=O)[O-])cc1.Oc1ccc(Br)cc1Br. The summed E-state index contributed by atoms with van der Waals surface area (Å²) < 4.78 is 1.66. The number of aromatic carboxylic acids is 1. The molecule has 110 valence electrons. The van der Waals surface area contributed by atoms with Crippen LogP contribution in [-0.2, 0) is 0 Å². The Labute approximate surface area is 136 Å². The number of phenolic OH excluding ortho intramolecular Hbond substituents is 1. The topological polar surface area (TPSA) is 101 Å². The Bertz CT molecular complexity index is 625. The van der Waals surface area contributed by atoms with Crippen LogP contribution < -0.4 is 0 Å². The Kier molecular flexibility index (Phi) is 6.32. The van der Waals surface area contributed by atoms with E-state index < -0.39 is 10.9 Å². The van der Waals surface area contributed by atoms with E-state index in [1.807, 2.05) is 0 Å². The summed E-state index contributed by atoms with van der Waals surface area (Å²) in [5.74, 6) is -0.830. The van der Waals surface area contributed by atoms with Crippen molar-refractivity contribution in [1.82, 2.24) is 0 Å². The molecule has 2 aromatic carbocycles. The third-order valence-corrected chi connectivity index (χ3v) is 3.36. The van der Waals surface area contributed by atoms with Crippen molar-refractivity contribution < 1.29 is 19.9 Å². The molecule has 0 bridgehead atoms. The summed E-state index contributed by atoms with van der Waals surface area (Å²) in [5, 5.41) is 27.6. The fourth-order valence-electron chi connectivity index (χ4n) is 1.21. The lowest BCUT2D eigenvalue weighted by molar-refractivity contribution is -0.384. The first kappa shape index (κ1) is 17.1. The molecule has 0 fully saturated rings. The van der Waals surface area contributed by atoms with Crippen molar-refractivity contribution in [3.8, 4) is 5.75 Å². The van der Waals surface area contributed by atoms with Crippen LogP contribution in [0.5, 0.6) is 5.75 Å². The number of aromatic hydroxyl groups is 1. The Balaban J connectivity index is 0.000000219. The monoisotopic (exact) mass is 417 g/mol. The molecule has 0 aliphatic carbocycles. The maximum absolute atomic E-state index is 10.3. The number of nitro benzene ring substituents is 1. The van der Waals surface area contributed by atoms with Crippen molar-refractivity contribution in [1.29, 1.82) is 0 Å². The summed E-state index contributed by atoms with van der Waals surface area (Å²) in [6.45, 7) is 0. The summed E-state index contributed by atoms with van der Waals surface area (Å²) in [5.41, 5.74) is -0.0689. The molecule has 0 saturated carbocycles. The molecule has 0 heterocycles. The first-order valence-electron chi connectivity index (χ1n) is 5.43. The van der Waals surface area contributed by atoms with E-state index in [-0.39, 0.29) is 17.0 Å². The number of carboxylic acids is 1. The number of rotatable bonds is 2. The molecule has 21 heavy (non-hydrogen) atoms. The summed E-state index contributed by atoms with van der Waals surface area (Å²) >= 11 is 6.42. The van der Waals surface area contributed by atoms with Crippen LogP contribution in [0.1, 0.15) is 10.4 Å². The molecule has 0 amide bonds. The first-order valence-corrected chi connectivity index (χ1v) is 7.01. The number of halogens is 2. The number of hydrogen-bond acceptors (Lipinski definition) is 4.